The van der Waals surface area contributed by atoms with Crippen LogP contribution in [0.5, 0.6) is 11.5 Å². The van der Waals surface area contributed by atoms with E-state index in [2.05, 4.69) is 17.6 Å². The van der Waals surface area contributed by atoms with E-state index in [1.54, 1.807) is 14.2 Å². The smallest absolute Gasteiger partial charge is 0.171 e. The first-order chi connectivity index (χ1) is 10.6. The molecular formula is C17H20N2O2S. The lowest BCUT2D eigenvalue weighted by atomic mass is 10.1. The second-order valence-electron chi connectivity index (χ2n) is 4.83. The molecule has 1 atom stereocenters. The zero-order valence-electron chi connectivity index (χ0n) is 12.9. The van der Waals surface area contributed by atoms with Crippen LogP contribution in [0.4, 0.5) is 5.69 Å². The minimum atomic E-state index is 0.0940. The molecule has 0 aliphatic heterocycles. The molecule has 0 aliphatic carbocycles. The first-order valence-corrected chi connectivity index (χ1v) is 7.38. The Bertz CT molecular complexity index is 629. The highest BCUT2D eigenvalue weighted by Crippen LogP contribution is 2.19. The average Bonchev–Trinajstić information content (AvgIpc) is 2.55. The molecule has 0 bridgehead atoms. The van der Waals surface area contributed by atoms with Crippen molar-refractivity contribution in [2.24, 2.45) is 0 Å². The van der Waals surface area contributed by atoms with Crippen molar-refractivity contribution in [2.75, 3.05) is 19.5 Å². The first-order valence-electron chi connectivity index (χ1n) is 6.98. The largest absolute Gasteiger partial charge is 0.497 e. The maximum Gasteiger partial charge on any atom is 0.171 e. The van der Waals surface area contributed by atoms with Crippen LogP contribution in [-0.2, 0) is 0 Å². The molecule has 22 heavy (non-hydrogen) atoms. The predicted molar refractivity (Wildman–Crippen MR) is 93.8 cm³/mol. The van der Waals surface area contributed by atoms with E-state index in [0.29, 0.717) is 5.11 Å². The number of anilines is 1. The monoisotopic (exact) mass is 316 g/mol. The molecule has 0 amide bonds. The van der Waals surface area contributed by atoms with Gasteiger partial charge in [0.15, 0.2) is 5.11 Å². The summed E-state index contributed by atoms with van der Waals surface area (Å²) in [5, 5.41) is 6.98. The molecule has 0 aliphatic rings. The van der Waals surface area contributed by atoms with Crippen LogP contribution in [-0.4, -0.2) is 19.3 Å². The van der Waals surface area contributed by atoms with Crippen LogP contribution in [0.15, 0.2) is 48.5 Å². The van der Waals surface area contributed by atoms with Crippen molar-refractivity contribution in [1.82, 2.24) is 5.32 Å². The lowest BCUT2D eigenvalue weighted by molar-refractivity contribution is 0.414. The number of ether oxygens (including phenoxy) is 2. The van der Waals surface area contributed by atoms with Gasteiger partial charge in [-0.05, 0) is 49.0 Å². The molecule has 5 heteroatoms. The molecule has 0 radical (unpaired) electrons. The molecular weight excluding hydrogens is 296 g/mol. The quantitative estimate of drug-likeness (QED) is 0.822. The Morgan fingerprint density at radius 3 is 2.32 bits per heavy atom. The van der Waals surface area contributed by atoms with E-state index in [-0.39, 0.29) is 6.04 Å². The second-order valence-corrected chi connectivity index (χ2v) is 5.23. The van der Waals surface area contributed by atoms with Crippen molar-refractivity contribution in [2.45, 2.75) is 13.0 Å². The summed E-state index contributed by atoms with van der Waals surface area (Å²) in [6.45, 7) is 2.06. The van der Waals surface area contributed by atoms with Gasteiger partial charge in [0.25, 0.3) is 0 Å². The Morgan fingerprint density at radius 1 is 1.00 bits per heavy atom. The van der Waals surface area contributed by atoms with Crippen molar-refractivity contribution in [3.63, 3.8) is 0 Å². The van der Waals surface area contributed by atoms with Crippen molar-refractivity contribution in [1.29, 1.82) is 0 Å². The van der Waals surface area contributed by atoms with Crippen molar-refractivity contribution < 1.29 is 9.47 Å². The molecule has 2 aromatic carbocycles. The zero-order chi connectivity index (χ0) is 15.9. The lowest BCUT2D eigenvalue weighted by Crippen LogP contribution is -2.30. The van der Waals surface area contributed by atoms with Crippen LogP contribution >= 0.6 is 12.2 Å². The van der Waals surface area contributed by atoms with Gasteiger partial charge in [0.05, 0.1) is 20.3 Å². The zero-order valence-corrected chi connectivity index (χ0v) is 13.7. The third-order valence-electron chi connectivity index (χ3n) is 3.29. The van der Waals surface area contributed by atoms with E-state index >= 15 is 0 Å². The van der Waals surface area contributed by atoms with Crippen LogP contribution in [0.1, 0.15) is 18.5 Å². The van der Waals surface area contributed by atoms with E-state index in [4.69, 9.17) is 21.7 Å². The molecule has 0 heterocycles. The van der Waals surface area contributed by atoms with Crippen molar-refractivity contribution in [3.8, 4) is 11.5 Å². The van der Waals surface area contributed by atoms with Gasteiger partial charge >= 0.3 is 0 Å². The van der Waals surface area contributed by atoms with Crippen LogP contribution in [0, 0.1) is 0 Å². The van der Waals surface area contributed by atoms with Crippen molar-refractivity contribution >= 4 is 23.0 Å². The maximum atomic E-state index is 5.35. The summed E-state index contributed by atoms with van der Waals surface area (Å²) in [7, 11) is 3.30. The number of thiocarbonyl (C=S) groups is 1. The third-order valence-corrected chi connectivity index (χ3v) is 3.51. The highest BCUT2D eigenvalue weighted by atomic mass is 32.1. The molecule has 2 N–H and O–H groups in total. The minimum absolute atomic E-state index is 0.0940. The molecule has 0 saturated carbocycles. The summed E-state index contributed by atoms with van der Waals surface area (Å²) < 4.78 is 10.4. The van der Waals surface area contributed by atoms with Gasteiger partial charge < -0.3 is 20.1 Å². The highest BCUT2D eigenvalue weighted by Gasteiger charge is 2.07. The fourth-order valence-corrected chi connectivity index (χ4v) is 2.34. The normalized spacial score (nSPS) is 11.4. The maximum absolute atomic E-state index is 5.35. The molecule has 0 spiro atoms. The molecule has 2 aromatic rings. The molecule has 0 aromatic heterocycles. The molecule has 4 nitrogen and oxygen atoms in total. The Balaban J connectivity index is 1.95. The molecule has 2 rings (SSSR count). The number of benzene rings is 2. The summed E-state index contributed by atoms with van der Waals surface area (Å²) in [5.74, 6) is 1.63. The molecule has 0 fully saturated rings. The van der Waals surface area contributed by atoms with E-state index < -0.39 is 0 Å². The van der Waals surface area contributed by atoms with E-state index in [1.165, 1.54) is 0 Å². The highest BCUT2D eigenvalue weighted by molar-refractivity contribution is 7.80. The van der Waals surface area contributed by atoms with Crippen LogP contribution in [0.2, 0.25) is 0 Å². The third kappa shape index (κ3) is 4.36. The Labute approximate surface area is 136 Å². The number of rotatable bonds is 5. The summed E-state index contributed by atoms with van der Waals surface area (Å²) in [6, 6.07) is 15.6. The van der Waals surface area contributed by atoms with Crippen molar-refractivity contribution in [3.05, 3.63) is 54.1 Å². The number of methoxy groups -OCH3 is 2. The number of nitrogens with one attached hydrogen (secondary N) is 2. The molecule has 116 valence electrons. The summed E-state index contributed by atoms with van der Waals surface area (Å²) in [5.41, 5.74) is 2.02. The fraction of sp³-hybridized carbons (Fsp3) is 0.235. The van der Waals surface area contributed by atoms with E-state index in [9.17, 15) is 0 Å². The summed E-state index contributed by atoms with van der Waals surface area (Å²) in [4.78, 5) is 0. The van der Waals surface area contributed by atoms with Crippen LogP contribution in [0.3, 0.4) is 0 Å². The summed E-state index contributed by atoms with van der Waals surface area (Å²) in [6.07, 6.45) is 0. The van der Waals surface area contributed by atoms with Crippen LogP contribution in [0.25, 0.3) is 0 Å². The molecule has 0 saturated heterocycles. The minimum Gasteiger partial charge on any atom is -0.497 e. The average molecular weight is 316 g/mol. The van der Waals surface area contributed by atoms with Gasteiger partial charge in [0, 0.05) is 11.8 Å². The standard InChI is InChI=1S/C17H20N2O2S/c1-12(13-7-9-15(20-2)10-8-13)18-17(22)19-14-5-4-6-16(11-14)21-3/h4-12H,1-3H3,(H2,18,19,22). The SMILES string of the molecule is COc1ccc(C(C)NC(=S)Nc2cccc(OC)c2)cc1. The van der Waals surface area contributed by atoms with Gasteiger partial charge in [-0.2, -0.15) is 0 Å². The molecule has 1 unspecified atom stereocenters. The van der Waals surface area contributed by atoms with Gasteiger partial charge in [-0.15, -0.1) is 0 Å². The Morgan fingerprint density at radius 2 is 1.68 bits per heavy atom. The summed E-state index contributed by atoms with van der Waals surface area (Å²) >= 11 is 5.35. The number of hydrogen-bond donors (Lipinski definition) is 2. The van der Waals surface area contributed by atoms with Crippen LogP contribution < -0.4 is 20.1 Å². The van der Waals surface area contributed by atoms with E-state index in [0.717, 1.165) is 22.7 Å². The van der Waals surface area contributed by atoms with Gasteiger partial charge in [-0.3, -0.25) is 0 Å². The van der Waals surface area contributed by atoms with Gasteiger partial charge in [-0.1, -0.05) is 18.2 Å². The fourth-order valence-electron chi connectivity index (χ4n) is 2.04. The van der Waals surface area contributed by atoms with Gasteiger partial charge in [0.1, 0.15) is 11.5 Å². The van der Waals surface area contributed by atoms with Gasteiger partial charge in [-0.25, -0.2) is 0 Å². The lowest BCUT2D eigenvalue weighted by Gasteiger charge is -2.18. The predicted octanol–water partition coefficient (Wildman–Crippen LogP) is 3.75. The first kappa shape index (κ1) is 16.1. The second kappa shape index (κ2) is 7.66. The Hall–Kier alpha value is -2.27. The number of hydrogen-bond acceptors (Lipinski definition) is 3. The topological polar surface area (TPSA) is 42.5 Å². The Kier molecular flexibility index (Phi) is 5.61. The van der Waals surface area contributed by atoms with E-state index in [1.807, 2.05) is 48.5 Å². The van der Waals surface area contributed by atoms with Gasteiger partial charge in [0.2, 0.25) is 0 Å².